The first-order valence-corrected chi connectivity index (χ1v) is 25.1. The second-order valence-corrected chi connectivity index (χ2v) is 21.3. The molecule has 4 aromatic heterocycles. The van der Waals surface area contributed by atoms with E-state index in [1.807, 2.05) is 137 Å². The number of amides is 1. The first-order chi connectivity index (χ1) is 33.9. The molecule has 2 aromatic carbocycles. The Balaban J connectivity index is 0.000000179. The number of ether oxygens (including phenoxy) is 1. The first kappa shape index (κ1) is 50.2. The van der Waals surface area contributed by atoms with E-state index in [4.69, 9.17) is 37.9 Å². The monoisotopic (exact) mass is 998 g/mol. The summed E-state index contributed by atoms with van der Waals surface area (Å²) in [6.45, 7) is 20.1. The molecule has 0 spiro atoms. The quantitative estimate of drug-likeness (QED) is 0.134. The van der Waals surface area contributed by atoms with Crippen molar-refractivity contribution in [3.05, 3.63) is 164 Å². The van der Waals surface area contributed by atoms with Crippen molar-refractivity contribution in [3.63, 3.8) is 0 Å². The molecule has 2 unspecified atom stereocenters. The molecule has 14 nitrogen and oxygen atoms in total. The van der Waals surface area contributed by atoms with Crippen LogP contribution >= 0.6 is 23.2 Å². The SMILES string of the molecule is Cc1nccn1CC(C)(O)C1=Cc2cccnc2[C@@H](N2CCN(C(=O)OC(C)(C)C)CC2)c2ccc(Cl)cc21.Cc1nccn1CC(C)(O)C1=Cc2cccnc2[C@@H](N2CCNCC2)c2ccc(Cl)cc21. The normalized spacial score (nSPS) is 20.0. The van der Waals surface area contributed by atoms with Crippen LogP contribution in [0.15, 0.2) is 97.8 Å². The third kappa shape index (κ3) is 10.9. The highest BCUT2D eigenvalue weighted by Crippen LogP contribution is 2.46. The van der Waals surface area contributed by atoms with Gasteiger partial charge in [-0.3, -0.25) is 19.8 Å². The summed E-state index contributed by atoms with van der Waals surface area (Å²) >= 11 is 13.0. The van der Waals surface area contributed by atoms with Gasteiger partial charge in [0.1, 0.15) is 28.5 Å². The van der Waals surface area contributed by atoms with Crippen molar-refractivity contribution in [1.82, 2.24) is 49.1 Å². The standard InChI is InChI=1S/C30H36ClN5O3.C25H28ClN5O/c1-20-32-11-12-36(20)19-30(5,38)25-17-21-7-6-10-33-26(21)27(23-9-8-22(31)18-24(23)25)34-13-15-35(16-14-34)28(37)39-29(2,3)4;1-17-28-10-13-31(17)16-25(2,32)22-14-18-4-3-7-29-23(18)24(30-11-8-27-9-12-30)20-6-5-19(26)15-21(20)22/h6-12,17-18,27,38H,13-16,19H2,1-5H3;3-7,10,13-15,24,27,32H,8-9,11-12,16H2,1-2H3/t27-,30?;24-,25?/m00/s1. The Morgan fingerprint density at radius 2 is 1.10 bits per heavy atom. The van der Waals surface area contributed by atoms with Gasteiger partial charge in [-0.1, -0.05) is 47.5 Å². The number of nitrogens with zero attached hydrogens (tertiary/aromatic N) is 9. The molecule has 0 bridgehead atoms. The van der Waals surface area contributed by atoms with E-state index in [0.717, 1.165) is 93.7 Å². The van der Waals surface area contributed by atoms with E-state index >= 15 is 0 Å². The summed E-state index contributed by atoms with van der Waals surface area (Å²) in [4.78, 5) is 37.6. The minimum Gasteiger partial charge on any atom is -0.444 e. The van der Waals surface area contributed by atoms with Crippen LogP contribution in [-0.4, -0.2) is 129 Å². The highest BCUT2D eigenvalue weighted by molar-refractivity contribution is 6.31. The molecule has 16 heteroatoms. The maximum Gasteiger partial charge on any atom is 0.410 e. The molecule has 1 amide bonds. The predicted octanol–water partition coefficient (Wildman–Crippen LogP) is 8.73. The Morgan fingerprint density at radius 1 is 0.648 bits per heavy atom. The molecule has 0 saturated carbocycles. The number of aromatic nitrogens is 6. The van der Waals surface area contributed by atoms with Crippen molar-refractivity contribution in [2.24, 2.45) is 0 Å². The number of halogens is 2. The molecule has 6 heterocycles. The van der Waals surface area contributed by atoms with Gasteiger partial charge in [0.05, 0.1) is 36.6 Å². The lowest BCUT2D eigenvalue weighted by molar-refractivity contribution is 0.0117. The number of fused-ring (bicyclic) bond motifs is 4. The average Bonchev–Trinajstić information content (AvgIpc) is 3.84. The molecule has 71 heavy (non-hydrogen) atoms. The van der Waals surface area contributed by atoms with Crippen LogP contribution in [0.2, 0.25) is 10.0 Å². The van der Waals surface area contributed by atoms with Crippen LogP contribution in [-0.2, 0) is 17.8 Å². The van der Waals surface area contributed by atoms with Gasteiger partial charge in [-0.25, -0.2) is 14.8 Å². The molecule has 4 aliphatic rings. The fourth-order valence-corrected chi connectivity index (χ4v) is 10.7. The Kier molecular flexibility index (Phi) is 14.5. The molecular weight excluding hydrogens is 936 g/mol. The fraction of sp³-hybridized carbons (Fsp3) is 0.400. The molecule has 2 aliphatic carbocycles. The van der Waals surface area contributed by atoms with Gasteiger partial charge in [0.25, 0.3) is 0 Å². The van der Waals surface area contributed by atoms with Crippen LogP contribution in [0.4, 0.5) is 4.79 Å². The number of hydrogen-bond donors (Lipinski definition) is 3. The largest absolute Gasteiger partial charge is 0.444 e. The zero-order chi connectivity index (χ0) is 50.2. The Hall–Kier alpha value is -5.71. The second-order valence-electron chi connectivity index (χ2n) is 20.4. The smallest absolute Gasteiger partial charge is 0.410 e. The highest BCUT2D eigenvalue weighted by atomic mass is 35.5. The lowest BCUT2D eigenvalue weighted by Crippen LogP contribution is -2.51. The Bertz CT molecular complexity index is 2960. The lowest BCUT2D eigenvalue weighted by atomic mass is 9.85. The van der Waals surface area contributed by atoms with Crippen molar-refractivity contribution < 1.29 is 19.7 Å². The van der Waals surface area contributed by atoms with E-state index in [0.29, 0.717) is 49.3 Å². The predicted molar refractivity (Wildman–Crippen MR) is 280 cm³/mol. The number of aliphatic hydroxyl groups is 2. The second kappa shape index (κ2) is 20.4. The van der Waals surface area contributed by atoms with Gasteiger partial charge < -0.3 is 34.3 Å². The summed E-state index contributed by atoms with van der Waals surface area (Å²) < 4.78 is 9.54. The lowest BCUT2D eigenvalue weighted by Gasteiger charge is -2.40. The molecule has 372 valence electrons. The van der Waals surface area contributed by atoms with Crippen LogP contribution < -0.4 is 5.32 Å². The number of aryl methyl sites for hydroxylation is 2. The van der Waals surface area contributed by atoms with Crippen molar-refractivity contribution in [3.8, 4) is 0 Å². The summed E-state index contributed by atoms with van der Waals surface area (Å²) in [5.74, 6) is 1.70. The van der Waals surface area contributed by atoms with Crippen molar-refractivity contribution in [2.45, 2.75) is 90.4 Å². The van der Waals surface area contributed by atoms with E-state index in [-0.39, 0.29) is 18.2 Å². The maximum atomic E-state index is 12.7. The molecule has 2 aliphatic heterocycles. The number of pyridine rings is 2. The van der Waals surface area contributed by atoms with Crippen molar-refractivity contribution in [2.75, 3.05) is 52.4 Å². The molecule has 4 atom stereocenters. The van der Waals surface area contributed by atoms with E-state index in [1.54, 1.807) is 17.3 Å². The van der Waals surface area contributed by atoms with Gasteiger partial charge in [-0.15, -0.1) is 0 Å². The zero-order valence-electron chi connectivity index (χ0n) is 41.6. The van der Waals surface area contributed by atoms with Gasteiger partial charge in [-0.05, 0) is 142 Å². The molecular formula is C55H64Cl2N10O4. The van der Waals surface area contributed by atoms with E-state index in [2.05, 4.69) is 43.3 Å². The number of carbonyl (C=O) groups is 1. The fourth-order valence-electron chi connectivity index (χ4n) is 10.4. The minimum atomic E-state index is -1.22. The first-order valence-electron chi connectivity index (χ1n) is 24.4. The van der Waals surface area contributed by atoms with E-state index < -0.39 is 16.8 Å². The van der Waals surface area contributed by atoms with Crippen molar-refractivity contribution >= 4 is 52.6 Å². The zero-order valence-corrected chi connectivity index (χ0v) is 43.1. The molecule has 6 aromatic rings. The number of rotatable bonds is 8. The van der Waals surface area contributed by atoms with E-state index in [9.17, 15) is 15.0 Å². The average molecular weight is 1000 g/mol. The number of piperazine rings is 2. The van der Waals surface area contributed by atoms with Gasteiger partial charge in [0.2, 0.25) is 0 Å². The molecule has 3 N–H and O–H groups in total. The summed E-state index contributed by atoms with van der Waals surface area (Å²) in [7, 11) is 0. The third-order valence-electron chi connectivity index (χ3n) is 13.9. The molecule has 2 fully saturated rings. The number of hydrogen-bond acceptors (Lipinski definition) is 11. The van der Waals surface area contributed by atoms with E-state index in [1.165, 1.54) is 0 Å². The van der Waals surface area contributed by atoms with Crippen LogP contribution in [0.1, 0.15) is 103 Å². The van der Waals surface area contributed by atoms with Gasteiger partial charge in [-0.2, -0.15) is 0 Å². The maximum absolute atomic E-state index is 12.7. The number of carbonyl (C=O) groups excluding carboxylic acids is 1. The topological polar surface area (TPSA) is 150 Å². The van der Waals surface area contributed by atoms with Gasteiger partial charge in [0, 0.05) is 99.6 Å². The third-order valence-corrected chi connectivity index (χ3v) is 14.3. The van der Waals surface area contributed by atoms with Crippen LogP contribution in [0.3, 0.4) is 0 Å². The number of imidazole rings is 2. The van der Waals surface area contributed by atoms with Gasteiger partial charge >= 0.3 is 6.09 Å². The van der Waals surface area contributed by atoms with Crippen LogP contribution in [0.25, 0.3) is 23.3 Å². The Morgan fingerprint density at radius 3 is 1.52 bits per heavy atom. The Labute approximate surface area is 426 Å². The summed E-state index contributed by atoms with van der Waals surface area (Å²) in [5.41, 5.74) is 6.64. The number of nitrogens with one attached hydrogen (secondary N) is 1. The summed E-state index contributed by atoms with van der Waals surface area (Å²) in [6, 6.07) is 19.7. The van der Waals surface area contributed by atoms with Crippen LogP contribution in [0, 0.1) is 13.8 Å². The summed E-state index contributed by atoms with van der Waals surface area (Å²) in [6.07, 6.45) is 14.8. The van der Waals surface area contributed by atoms with Gasteiger partial charge in [0.15, 0.2) is 0 Å². The van der Waals surface area contributed by atoms with Crippen LogP contribution in [0.5, 0.6) is 0 Å². The minimum absolute atomic E-state index is 0.0000905. The molecule has 10 rings (SSSR count). The van der Waals surface area contributed by atoms with Crippen molar-refractivity contribution in [1.29, 1.82) is 0 Å². The highest BCUT2D eigenvalue weighted by Gasteiger charge is 2.40. The summed E-state index contributed by atoms with van der Waals surface area (Å²) in [5, 5.41) is 28.5. The molecule has 2 saturated heterocycles. The molecule has 0 radical (unpaired) electrons. The number of benzene rings is 2.